The third-order valence-electron chi connectivity index (χ3n) is 5.87. The van der Waals surface area contributed by atoms with Gasteiger partial charge in [0, 0.05) is 44.3 Å². The lowest BCUT2D eigenvalue weighted by Gasteiger charge is -2.33. The molecule has 3 rings (SSSR count). The van der Waals surface area contributed by atoms with E-state index < -0.39 is 16.1 Å². The van der Waals surface area contributed by atoms with Crippen LogP contribution in [0.4, 0.5) is 5.69 Å². The highest BCUT2D eigenvalue weighted by atomic mass is 32.2. The molecular formula is C21H32N4O4S. The summed E-state index contributed by atoms with van der Waals surface area (Å²) >= 11 is 0. The molecule has 30 heavy (non-hydrogen) atoms. The van der Waals surface area contributed by atoms with Crippen molar-refractivity contribution in [3.05, 3.63) is 24.3 Å². The molecule has 1 atom stereocenters. The minimum absolute atomic E-state index is 0.0164. The fourth-order valence-corrected chi connectivity index (χ4v) is 5.43. The summed E-state index contributed by atoms with van der Waals surface area (Å²) in [5.41, 5.74) is 0.526. The molecule has 0 saturated carbocycles. The van der Waals surface area contributed by atoms with E-state index in [1.807, 2.05) is 13.8 Å². The molecule has 2 heterocycles. The van der Waals surface area contributed by atoms with Gasteiger partial charge in [0.2, 0.25) is 21.8 Å². The van der Waals surface area contributed by atoms with Crippen molar-refractivity contribution in [3.63, 3.8) is 0 Å². The number of nitrogens with one attached hydrogen (secondary N) is 1. The maximum atomic E-state index is 12.9. The molecule has 2 aliphatic heterocycles. The van der Waals surface area contributed by atoms with E-state index in [-0.39, 0.29) is 22.6 Å². The van der Waals surface area contributed by atoms with Crippen LogP contribution in [0.2, 0.25) is 0 Å². The largest absolute Gasteiger partial charge is 0.330 e. The molecule has 0 aromatic heterocycles. The van der Waals surface area contributed by atoms with Crippen molar-refractivity contribution in [2.24, 2.45) is 5.92 Å². The highest BCUT2D eigenvalue weighted by Crippen LogP contribution is 2.23. The average molecular weight is 437 g/mol. The van der Waals surface area contributed by atoms with Gasteiger partial charge >= 0.3 is 0 Å². The quantitative estimate of drug-likeness (QED) is 0.732. The Labute approximate surface area is 179 Å². The molecule has 0 aliphatic carbocycles. The van der Waals surface area contributed by atoms with Gasteiger partial charge in [-0.3, -0.25) is 9.59 Å². The van der Waals surface area contributed by atoms with Crippen molar-refractivity contribution in [1.29, 1.82) is 0 Å². The standard InChI is InChI=1S/C21H32N4O4S/c1-4-23-12-14-24(15-13-23)30(28,29)18-9-7-17(8-10-18)22-20(26)19-6-5-11-25(19)21(27)16(2)3/h7-10,16,19H,4-6,11-15H2,1-3H3,(H,22,26). The van der Waals surface area contributed by atoms with E-state index in [1.165, 1.54) is 16.4 Å². The van der Waals surface area contributed by atoms with Crippen LogP contribution >= 0.6 is 0 Å². The van der Waals surface area contributed by atoms with Gasteiger partial charge in [-0.05, 0) is 43.7 Å². The molecule has 1 unspecified atom stereocenters. The molecule has 0 spiro atoms. The first-order valence-electron chi connectivity index (χ1n) is 10.7. The van der Waals surface area contributed by atoms with Crippen molar-refractivity contribution in [2.75, 3.05) is 44.6 Å². The first-order valence-corrected chi connectivity index (χ1v) is 12.1. The third kappa shape index (κ3) is 4.84. The summed E-state index contributed by atoms with van der Waals surface area (Å²) in [4.78, 5) is 29.1. The summed E-state index contributed by atoms with van der Waals surface area (Å²) in [5, 5.41) is 2.83. The number of piperazine rings is 1. The van der Waals surface area contributed by atoms with E-state index in [0.29, 0.717) is 31.7 Å². The minimum atomic E-state index is -3.54. The number of likely N-dealkylation sites (tertiary alicyclic amines) is 1. The summed E-state index contributed by atoms with van der Waals surface area (Å²) in [6.07, 6.45) is 1.44. The lowest BCUT2D eigenvalue weighted by atomic mass is 10.1. The smallest absolute Gasteiger partial charge is 0.247 e. The highest BCUT2D eigenvalue weighted by Gasteiger charge is 2.35. The number of nitrogens with zero attached hydrogens (tertiary/aromatic N) is 3. The Morgan fingerprint density at radius 2 is 1.70 bits per heavy atom. The Morgan fingerprint density at radius 3 is 2.27 bits per heavy atom. The van der Waals surface area contributed by atoms with E-state index in [4.69, 9.17) is 0 Å². The van der Waals surface area contributed by atoms with Crippen LogP contribution in [0.3, 0.4) is 0 Å². The number of likely N-dealkylation sites (N-methyl/N-ethyl adjacent to an activating group) is 1. The van der Waals surface area contributed by atoms with Gasteiger partial charge in [-0.25, -0.2) is 8.42 Å². The first kappa shape index (κ1) is 22.7. The van der Waals surface area contributed by atoms with E-state index in [1.54, 1.807) is 17.0 Å². The van der Waals surface area contributed by atoms with Crippen LogP contribution in [0.25, 0.3) is 0 Å². The van der Waals surface area contributed by atoms with Crippen LogP contribution in [0.5, 0.6) is 0 Å². The van der Waals surface area contributed by atoms with Gasteiger partial charge in [0.15, 0.2) is 0 Å². The molecule has 2 aliphatic rings. The zero-order valence-corrected chi connectivity index (χ0v) is 18.8. The van der Waals surface area contributed by atoms with Crippen LogP contribution in [0.1, 0.15) is 33.6 Å². The maximum Gasteiger partial charge on any atom is 0.247 e. The lowest BCUT2D eigenvalue weighted by Crippen LogP contribution is -2.48. The Balaban J connectivity index is 1.64. The molecule has 1 N–H and O–H groups in total. The predicted octanol–water partition coefficient (Wildman–Crippen LogP) is 1.60. The number of amides is 2. The van der Waals surface area contributed by atoms with Crippen molar-refractivity contribution in [1.82, 2.24) is 14.1 Å². The Hall–Kier alpha value is -1.97. The molecule has 1 aromatic rings. The fourth-order valence-electron chi connectivity index (χ4n) is 4.01. The summed E-state index contributed by atoms with van der Waals surface area (Å²) in [6, 6.07) is 5.80. The van der Waals surface area contributed by atoms with Gasteiger partial charge in [0.05, 0.1) is 4.90 Å². The zero-order valence-electron chi connectivity index (χ0n) is 18.0. The Morgan fingerprint density at radius 1 is 1.07 bits per heavy atom. The van der Waals surface area contributed by atoms with E-state index in [2.05, 4.69) is 17.1 Å². The lowest BCUT2D eigenvalue weighted by molar-refractivity contribution is -0.139. The van der Waals surface area contributed by atoms with Crippen LogP contribution in [0, 0.1) is 5.92 Å². The van der Waals surface area contributed by atoms with E-state index in [0.717, 1.165) is 26.1 Å². The first-order chi connectivity index (χ1) is 14.2. The highest BCUT2D eigenvalue weighted by molar-refractivity contribution is 7.89. The van der Waals surface area contributed by atoms with Crippen molar-refractivity contribution >= 4 is 27.5 Å². The van der Waals surface area contributed by atoms with Gasteiger partial charge in [-0.2, -0.15) is 4.31 Å². The van der Waals surface area contributed by atoms with Crippen LogP contribution in [0.15, 0.2) is 29.2 Å². The fraction of sp³-hybridized carbons (Fsp3) is 0.619. The van der Waals surface area contributed by atoms with E-state index in [9.17, 15) is 18.0 Å². The maximum absolute atomic E-state index is 12.9. The molecule has 0 radical (unpaired) electrons. The monoisotopic (exact) mass is 436 g/mol. The number of carbonyl (C=O) groups is 2. The molecule has 166 valence electrons. The van der Waals surface area contributed by atoms with Crippen LogP contribution < -0.4 is 5.32 Å². The predicted molar refractivity (Wildman–Crippen MR) is 116 cm³/mol. The molecule has 1 aromatic carbocycles. The minimum Gasteiger partial charge on any atom is -0.330 e. The summed E-state index contributed by atoms with van der Waals surface area (Å²) < 4.78 is 27.3. The van der Waals surface area contributed by atoms with Gasteiger partial charge in [-0.1, -0.05) is 20.8 Å². The van der Waals surface area contributed by atoms with Crippen molar-refractivity contribution in [3.8, 4) is 0 Å². The molecule has 2 fully saturated rings. The summed E-state index contributed by atoms with van der Waals surface area (Å²) in [6.45, 7) is 9.68. The average Bonchev–Trinajstić information content (AvgIpc) is 3.23. The van der Waals surface area contributed by atoms with Crippen molar-refractivity contribution < 1.29 is 18.0 Å². The molecular weight excluding hydrogens is 404 g/mol. The molecule has 9 heteroatoms. The molecule has 2 amide bonds. The number of hydrogen-bond acceptors (Lipinski definition) is 5. The zero-order chi connectivity index (χ0) is 21.9. The van der Waals surface area contributed by atoms with Crippen molar-refractivity contribution in [2.45, 2.75) is 44.6 Å². The molecule has 8 nitrogen and oxygen atoms in total. The number of anilines is 1. The SMILES string of the molecule is CCN1CCN(S(=O)(=O)c2ccc(NC(=O)C3CCCN3C(=O)C(C)C)cc2)CC1. The number of sulfonamides is 1. The van der Waals surface area contributed by atoms with Gasteiger partial charge < -0.3 is 15.1 Å². The van der Waals surface area contributed by atoms with Gasteiger partial charge in [-0.15, -0.1) is 0 Å². The topological polar surface area (TPSA) is 90.0 Å². The normalized spacial score (nSPS) is 21.2. The van der Waals surface area contributed by atoms with Crippen LogP contribution in [-0.2, 0) is 19.6 Å². The van der Waals surface area contributed by atoms with Gasteiger partial charge in [0.1, 0.15) is 6.04 Å². The Bertz CT molecular complexity index is 861. The second-order valence-corrected chi connectivity index (χ2v) is 10.1. The third-order valence-corrected chi connectivity index (χ3v) is 7.78. The van der Waals surface area contributed by atoms with Gasteiger partial charge in [0.25, 0.3) is 0 Å². The molecule has 0 bridgehead atoms. The summed E-state index contributed by atoms with van der Waals surface area (Å²) in [5.74, 6) is -0.396. The van der Waals surface area contributed by atoms with E-state index >= 15 is 0 Å². The van der Waals surface area contributed by atoms with Crippen LogP contribution in [-0.4, -0.2) is 79.6 Å². The molecule has 2 saturated heterocycles. The number of benzene rings is 1. The number of rotatable bonds is 6. The second kappa shape index (κ2) is 9.45. The Kier molecular flexibility index (Phi) is 7.15. The summed E-state index contributed by atoms with van der Waals surface area (Å²) in [7, 11) is -3.54. The number of hydrogen-bond donors (Lipinski definition) is 1. The second-order valence-electron chi connectivity index (χ2n) is 8.20. The number of carbonyl (C=O) groups excluding carboxylic acids is 2.